The molecule has 21 heavy (non-hydrogen) atoms. The lowest BCUT2D eigenvalue weighted by Crippen LogP contribution is -2.39. The molecule has 1 N–H and O–H groups in total. The van der Waals surface area contributed by atoms with E-state index in [0.717, 1.165) is 42.5 Å². The van der Waals surface area contributed by atoms with Crippen molar-refractivity contribution >= 4 is 17.2 Å². The molecule has 5 nitrogen and oxygen atoms in total. The van der Waals surface area contributed by atoms with E-state index < -0.39 is 0 Å². The van der Waals surface area contributed by atoms with Crippen LogP contribution in [0.15, 0.2) is 17.5 Å². The number of likely N-dealkylation sites (tertiary alicyclic amines) is 1. The standard InChI is InChI=1S/C15H18N4OS/c20-15(12-4-2-8-21-12)19-7-1-3-11(9-19)14-16-13(17-18-14)10-5-6-10/h2,4,8,10-11H,1,3,5-7,9H2,(H,16,17,18). The number of thiophene rings is 1. The smallest absolute Gasteiger partial charge is 0.263 e. The molecule has 2 fully saturated rings. The molecule has 110 valence electrons. The first-order valence-electron chi connectivity index (χ1n) is 7.56. The summed E-state index contributed by atoms with van der Waals surface area (Å²) in [5, 5.41) is 9.41. The van der Waals surface area contributed by atoms with Gasteiger partial charge in [0.05, 0.1) is 4.88 Å². The Morgan fingerprint density at radius 3 is 3.00 bits per heavy atom. The molecule has 1 saturated carbocycles. The van der Waals surface area contributed by atoms with Gasteiger partial charge in [-0.3, -0.25) is 9.89 Å². The van der Waals surface area contributed by atoms with Crippen LogP contribution in [-0.2, 0) is 0 Å². The number of amides is 1. The minimum absolute atomic E-state index is 0.146. The van der Waals surface area contributed by atoms with Gasteiger partial charge in [-0.1, -0.05) is 6.07 Å². The topological polar surface area (TPSA) is 61.9 Å². The predicted molar refractivity (Wildman–Crippen MR) is 80.6 cm³/mol. The number of hydrogen-bond donors (Lipinski definition) is 1. The van der Waals surface area contributed by atoms with Crippen LogP contribution in [0.2, 0.25) is 0 Å². The van der Waals surface area contributed by atoms with Crippen molar-refractivity contribution in [3.05, 3.63) is 34.0 Å². The maximum absolute atomic E-state index is 12.4. The average molecular weight is 302 g/mol. The van der Waals surface area contributed by atoms with E-state index in [9.17, 15) is 4.79 Å². The SMILES string of the molecule is O=C(c1cccs1)N1CCCC(c2n[nH]c(C3CC3)n2)C1. The van der Waals surface area contributed by atoms with Gasteiger partial charge in [0.25, 0.3) is 5.91 Å². The lowest BCUT2D eigenvalue weighted by Gasteiger charge is -2.31. The fourth-order valence-electron chi connectivity index (χ4n) is 2.94. The summed E-state index contributed by atoms with van der Waals surface area (Å²) >= 11 is 1.51. The highest BCUT2D eigenvalue weighted by atomic mass is 32.1. The molecule has 2 aromatic heterocycles. The minimum Gasteiger partial charge on any atom is -0.337 e. The van der Waals surface area contributed by atoms with E-state index in [0.29, 0.717) is 5.92 Å². The van der Waals surface area contributed by atoms with Gasteiger partial charge in [0.1, 0.15) is 5.82 Å². The van der Waals surface area contributed by atoms with Gasteiger partial charge in [-0.2, -0.15) is 5.10 Å². The summed E-state index contributed by atoms with van der Waals surface area (Å²) in [7, 11) is 0. The molecule has 1 aliphatic heterocycles. The Bertz CT molecular complexity index is 632. The third kappa shape index (κ3) is 2.60. The van der Waals surface area contributed by atoms with Crippen LogP contribution in [0.25, 0.3) is 0 Å². The second-order valence-electron chi connectivity index (χ2n) is 5.92. The Hall–Kier alpha value is -1.69. The van der Waals surface area contributed by atoms with Crippen LogP contribution in [0.5, 0.6) is 0 Å². The average Bonchev–Trinajstić information content (AvgIpc) is 3.05. The first-order chi connectivity index (χ1) is 10.3. The molecule has 2 aliphatic rings. The summed E-state index contributed by atoms with van der Waals surface area (Å²) in [5.74, 6) is 2.94. The zero-order chi connectivity index (χ0) is 14.2. The fourth-order valence-corrected chi connectivity index (χ4v) is 3.63. The van der Waals surface area contributed by atoms with Crippen molar-refractivity contribution in [3.8, 4) is 0 Å². The number of carbonyl (C=O) groups is 1. The normalized spacial score (nSPS) is 22.5. The van der Waals surface area contributed by atoms with Crippen LogP contribution in [0.3, 0.4) is 0 Å². The summed E-state index contributed by atoms with van der Waals surface area (Å²) < 4.78 is 0. The number of aromatic nitrogens is 3. The third-order valence-corrected chi connectivity index (χ3v) is 5.15. The molecule has 2 aromatic rings. The number of carbonyl (C=O) groups excluding carboxylic acids is 1. The van der Waals surface area contributed by atoms with E-state index in [2.05, 4.69) is 15.2 Å². The highest BCUT2D eigenvalue weighted by Crippen LogP contribution is 2.38. The molecule has 0 spiro atoms. The molecule has 6 heteroatoms. The van der Waals surface area contributed by atoms with Crippen molar-refractivity contribution in [1.82, 2.24) is 20.1 Å². The summed E-state index contributed by atoms with van der Waals surface area (Å²) in [6.07, 6.45) is 4.54. The number of hydrogen-bond acceptors (Lipinski definition) is 4. The minimum atomic E-state index is 0.146. The molecule has 0 radical (unpaired) electrons. The quantitative estimate of drug-likeness (QED) is 0.948. The number of H-pyrrole nitrogens is 1. The van der Waals surface area contributed by atoms with E-state index >= 15 is 0 Å². The van der Waals surface area contributed by atoms with Gasteiger partial charge in [0, 0.05) is 24.9 Å². The molecular weight excluding hydrogens is 284 g/mol. The lowest BCUT2D eigenvalue weighted by molar-refractivity contribution is 0.0709. The molecule has 0 aromatic carbocycles. The van der Waals surface area contributed by atoms with Gasteiger partial charge in [0.15, 0.2) is 5.82 Å². The van der Waals surface area contributed by atoms with Gasteiger partial charge in [-0.05, 0) is 37.1 Å². The van der Waals surface area contributed by atoms with E-state index in [1.54, 1.807) is 0 Å². The zero-order valence-electron chi connectivity index (χ0n) is 11.8. The van der Waals surface area contributed by atoms with E-state index in [1.165, 1.54) is 24.2 Å². The van der Waals surface area contributed by atoms with Crippen molar-refractivity contribution < 1.29 is 4.79 Å². The molecule has 3 heterocycles. The molecule has 4 rings (SSSR count). The zero-order valence-corrected chi connectivity index (χ0v) is 12.6. The number of nitrogens with zero attached hydrogens (tertiary/aromatic N) is 3. The van der Waals surface area contributed by atoms with Crippen molar-refractivity contribution in [2.45, 2.75) is 37.5 Å². The highest BCUT2D eigenvalue weighted by Gasteiger charge is 2.31. The third-order valence-electron chi connectivity index (χ3n) is 4.29. The number of rotatable bonds is 3. The van der Waals surface area contributed by atoms with E-state index in [1.807, 2.05) is 22.4 Å². The number of aromatic amines is 1. The van der Waals surface area contributed by atoms with E-state index in [-0.39, 0.29) is 11.8 Å². The Balaban J connectivity index is 1.48. The van der Waals surface area contributed by atoms with Gasteiger partial charge >= 0.3 is 0 Å². The first-order valence-corrected chi connectivity index (χ1v) is 8.44. The fraction of sp³-hybridized carbons (Fsp3) is 0.533. The molecule has 1 saturated heterocycles. The summed E-state index contributed by atoms with van der Waals surface area (Å²) in [5.41, 5.74) is 0. The predicted octanol–water partition coefficient (Wildman–Crippen LogP) is 2.76. The van der Waals surface area contributed by atoms with Crippen LogP contribution >= 0.6 is 11.3 Å². The Labute approximate surface area is 127 Å². The largest absolute Gasteiger partial charge is 0.337 e. The van der Waals surface area contributed by atoms with E-state index in [4.69, 9.17) is 0 Å². The number of piperidine rings is 1. The number of nitrogens with one attached hydrogen (secondary N) is 1. The second-order valence-corrected chi connectivity index (χ2v) is 6.87. The van der Waals surface area contributed by atoms with Gasteiger partial charge in [-0.25, -0.2) is 4.98 Å². The summed E-state index contributed by atoms with van der Waals surface area (Å²) in [6, 6.07) is 3.82. The Kier molecular flexibility index (Phi) is 3.25. The maximum atomic E-state index is 12.4. The lowest BCUT2D eigenvalue weighted by atomic mass is 9.97. The first kappa shape index (κ1) is 13.0. The summed E-state index contributed by atoms with van der Waals surface area (Å²) in [6.45, 7) is 1.58. The molecular formula is C15H18N4OS. The second kappa shape index (κ2) is 5.26. The highest BCUT2D eigenvalue weighted by molar-refractivity contribution is 7.12. The van der Waals surface area contributed by atoms with Crippen molar-refractivity contribution in [1.29, 1.82) is 0 Å². The maximum Gasteiger partial charge on any atom is 0.263 e. The monoisotopic (exact) mass is 302 g/mol. The van der Waals surface area contributed by atoms with Gasteiger partial charge < -0.3 is 4.90 Å². The van der Waals surface area contributed by atoms with Crippen LogP contribution in [-0.4, -0.2) is 39.1 Å². The summed E-state index contributed by atoms with van der Waals surface area (Å²) in [4.78, 5) is 19.9. The molecule has 1 aliphatic carbocycles. The van der Waals surface area contributed by atoms with Crippen LogP contribution in [0.1, 0.15) is 58.8 Å². The molecule has 0 bridgehead atoms. The van der Waals surface area contributed by atoms with Crippen molar-refractivity contribution in [2.24, 2.45) is 0 Å². The van der Waals surface area contributed by atoms with Crippen molar-refractivity contribution in [3.63, 3.8) is 0 Å². The van der Waals surface area contributed by atoms with Gasteiger partial charge in [0.2, 0.25) is 0 Å². The van der Waals surface area contributed by atoms with Crippen LogP contribution in [0.4, 0.5) is 0 Å². The van der Waals surface area contributed by atoms with Crippen molar-refractivity contribution in [2.75, 3.05) is 13.1 Å². The van der Waals surface area contributed by atoms with Crippen LogP contribution in [0, 0.1) is 0 Å². The molecule has 1 atom stereocenters. The van der Waals surface area contributed by atoms with Gasteiger partial charge in [-0.15, -0.1) is 11.3 Å². The molecule has 1 unspecified atom stereocenters. The Morgan fingerprint density at radius 1 is 1.33 bits per heavy atom. The Morgan fingerprint density at radius 2 is 2.24 bits per heavy atom. The van der Waals surface area contributed by atoms with Crippen LogP contribution < -0.4 is 0 Å². The molecule has 1 amide bonds.